The van der Waals surface area contributed by atoms with Crippen LogP contribution in [0.3, 0.4) is 0 Å². The summed E-state index contributed by atoms with van der Waals surface area (Å²) in [6.07, 6.45) is 1.59. The third-order valence-corrected chi connectivity index (χ3v) is 2.95. The topological polar surface area (TPSA) is 36.9 Å². The molecule has 1 aromatic carbocycles. The lowest BCUT2D eigenvalue weighted by Gasteiger charge is -2.24. The Morgan fingerprint density at radius 3 is 3.06 bits per heavy atom. The number of nitrogens with zero attached hydrogens (tertiary/aromatic N) is 2. The van der Waals surface area contributed by atoms with Gasteiger partial charge in [0.25, 0.3) is 0 Å². The van der Waals surface area contributed by atoms with Gasteiger partial charge >= 0.3 is 0 Å². The molecule has 96 valence electrons. The van der Waals surface area contributed by atoms with Gasteiger partial charge in [-0.2, -0.15) is 5.06 Å². The Kier molecular flexibility index (Phi) is 4.33. The second-order valence-corrected chi connectivity index (χ2v) is 4.44. The molecule has 0 amide bonds. The third-order valence-electron chi connectivity index (χ3n) is 2.31. The molecule has 0 aliphatic carbocycles. The summed E-state index contributed by atoms with van der Waals surface area (Å²) in [5.74, 6) is 0.118. The molecular weight excluding hydrogens is 301 g/mol. The normalized spacial score (nSPS) is 14.0. The maximum atomic E-state index is 13.9. The Hall–Kier alpha value is -1.40. The highest BCUT2D eigenvalue weighted by atomic mass is 79.9. The summed E-state index contributed by atoms with van der Waals surface area (Å²) in [6, 6.07) is 4.75. The van der Waals surface area contributed by atoms with Crippen molar-refractivity contribution >= 4 is 27.6 Å². The van der Waals surface area contributed by atoms with E-state index < -0.39 is 0 Å². The Balaban J connectivity index is 2.35. The molecule has 1 aliphatic heterocycles. The van der Waals surface area contributed by atoms with Crippen molar-refractivity contribution in [2.75, 3.05) is 24.8 Å². The highest BCUT2D eigenvalue weighted by molar-refractivity contribution is 9.10. The van der Waals surface area contributed by atoms with Gasteiger partial charge in [0, 0.05) is 11.0 Å². The van der Waals surface area contributed by atoms with E-state index in [0.29, 0.717) is 22.7 Å². The van der Waals surface area contributed by atoms with Crippen LogP contribution in [-0.4, -0.2) is 25.7 Å². The maximum Gasteiger partial charge on any atom is 0.223 e. The lowest BCUT2D eigenvalue weighted by Crippen LogP contribution is -2.39. The molecule has 0 atom stereocenters. The van der Waals surface area contributed by atoms with E-state index in [2.05, 4.69) is 32.8 Å². The first kappa shape index (κ1) is 13.0. The van der Waals surface area contributed by atoms with Gasteiger partial charge in [-0.1, -0.05) is 12.1 Å². The van der Waals surface area contributed by atoms with E-state index >= 15 is 0 Å². The van der Waals surface area contributed by atoms with Gasteiger partial charge in [-0.15, -0.1) is 6.58 Å². The van der Waals surface area contributed by atoms with Crippen LogP contribution in [0.25, 0.3) is 0 Å². The molecule has 4 nitrogen and oxygen atoms in total. The number of nitrogens with one attached hydrogen (secondary N) is 1. The Morgan fingerprint density at radius 1 is 1.61 bits per heavy atom. The predicted molar refractivity (Wildman–Crippen MR) is 73.0 cm³/mol. The monoisotopic (exact) mass is 313 g/mol. The largest absolute Gasteiger partial charge is 0.352 e. The molecule has 0 unspecified atom stereocenters. The molecular formula is C12H13BrFN3O. The van der Waals surface area contributed by atoms with Gasteiger partial charge in [0.15, 0.2) is 5.82 Å². The van der Waals surface area contributed by atoms with Gasteiger partial charge in [0.05, 0.1) is 13.2 Å². The maximum absolute atomic E-state index is 13.9. The van der Waals surface area contributed by atoms with Crippen LogP contribution in [0.2, 0.25) is 0 Å². The molecule has 0 fully saturated rings. The number of aliphatic imine (C=N–C) groups is 1. The van der Waals surface area contributed by atoms with Gasteiger partial charge < -0.3 is 5.32 Å². The van der Waals surface area contributed by atoms with Gasteiger partial charge in [-0.3, -0.25) is 4.84 Å². The molecule has 0 radical (unpaired) electrons. The van der Waals surface area contributed by atoms with Gasteiger partial charge in [0.1, 0.15) is 5.69 Å². The fourth-order valence-electron chi connectivity index (χ4n) is 1.56. The molecule has 0 saturated heterocycles. The molecule has 0 bridgehead atoms. The van der Waals surface area contributed by atoms with Crippen LogP contribution >= 0.6 is 15.9 Å². The fraction of sp³-hybridized carbons (Fsp3) is 0.250. The number of para-hydroxylation sites is 1. The highest BCUT2D eigenvalue weighted by Crippen LogP contribution is 2.29. The standard InChI is InChI=1S/C12H13BrFN3O/c1-2-8-18-17(12-15-6-7-16-12)11-9(13)4-3-5-10(11)14/h2-5H,1,6-8H2,(H,15,16). The number of hydroxylamine groups is 1. The molecule has 0 saturated carbocycles. The van der Waals surface area contributed by atoms with Crippen LogP contribution in [-0.2, 0) is 4.84 Å². The quantitative estimate of drug-likeness (QED) is 0.685. The van der Waals surface area contributed by atoms with Crippen molar-refractivity contribution < 1.29 is 9.23 Å². The van der Waals surface area contributed by atoms with Crippen molar-refractivity contribution in [2.45, 2.75) is 0 Å². The molecule has 0 aromatic heterocycles. The number of hydrogen-bond acceptors (Lipinski definition) is 4. The first-order valence-corrected chi connectivity index (χ1v) is 6.29. The third kappa shape index (κ3) is 2.70. The van der Waals surface area contributed by atoms with Gasteiger partial charge in [-0.25, -0.2) is 9.38 Å². The summed E-state index contributed by atoms with van der Waals surface area (Å²) in [5.41, 5.74) is 0.299. The predicted octanol–water partition coefficient (Wildman–Crippen LogP) is 2.47. The number of halogens is 2. The van der Waals surface area contributed by atoms with E-state index in [0.717, 1.165) is 6.54 Å². The zero-order chi connectivity index (χ0) is 13.0. The van der Waals surface area contributed by atoms with Crippen LogP contribution in [0.15, 0.2) is 40.3 Å². The molecule has 2 rings (SSSR count). The lowest BCUT2D eigenvalue weighted by atomic mass is 10.3. The highest BCUT2D eigenvalue weighted by Gasteiger charge is 2.22. The van der Waals surface area contributed by atoms with Crippen LogP contribution < -0.4 is 10.4 Å². The summed E-state index contributed by atoms with van der Waals surface area (Å²) in [6.45, 7) is 5.21. The molecule has 1 aromatic rings. The zero-order valence-corrected chi connectivity index (χ0v) is 11.3. The smallest absolute Gasteiger partial charge is 0.223 e. The number of hydrogen-bond donors (Lipinski definition) is 1. The molecule has 1 aliphatic rings. The minimum Gasteiger partial charge on any atom is -0.352 e. The summed E-state index contributed by atoms with van der Waals surface area (Å²) in [4.78, 5) is 9.71. The Bertz CT molecular complexity index is 458. The van der Waals surface area contributed by atoms with E-state index in [1.807, 2.05) is 0 Å². The van der Waals surface area contributed by atoms with Crippen LogP contribution in [0.1, 0.15) is 0 Å². The van der Waals surface area contributed by atoms with Crippen molar-refractivity contribution in [1.82, 2.24) is 5.32 Å². The van der Waals surface area contributed by atoms with Crippen LogP contribution in [0.5, 0.6) is 0 Å². The minimum atomic E-state index is -0.384. The van der Waals surface area contributed by atoms with Crippen molar-refractivity contribution in [3.8, 4) is 0 Å². The van der Waals surface area contributed by atoms with Crippen molar-refractivity contribution in [3.05, 3.63) is 41.1 Å². The summed E-state index contributed by atoms with van der Waals surface area (Å²) in [5, 5.41) is 4.40. The molecule has 6 heteroatoms. The van der Waals surface area contributed by atoms with Gasteiger partial charge in [-0.05, 0) is 28.1 Å². The van der Waals surface area contributed by atoms with Gasteiger partial charge in [0.2, 0.25) is 5.96 Å². The van der Waals surface area contributed by atoms with Crippen LogP contribution in [0.4, 0.5) is 10.1 Å². The van der Waals surface area contributed by atoms with E-state index in [1.54, 1.807) is 18.2 Å². The van der Waals surface area contributed by atoms with Crippen LogP contribution in [0, 0.1) is 5.82 Å². The zero-order valence-electron chi connectivity index (χ0n) is 9.70. The summed E-state index contributed by atoms with van der Waals surface area (Å²) in [7, 11) is 0. The molecule has 18 heavy (non-hydrogen) atoms. The average Bonchev–Trinajstić information content (AvgIpc) is 2.86. The van der Waals surface area contributed by atoms with Crippen molar-refractivity contribution in [2.24, 2.45) is 4.99 Å². The second kappa shape index (κ2) is 5.97. The lowest BCUT2D eigenvalue weighted by molar-refractivity contribution is 0.168. The first-order chi connectivity index (χ1) is 8.74. The number of rotatable bonds is 4. The minimum absolute atomic E-state index is 0.265. The summed E-state index contributed by atoms with van der Waals surface area (Å²) < 4.78 is 14.5. The molecule has 0 spiro atoms. The molecule has 1 heterocycles. The number of anilines is 1. The van der Waals surface area contributed by atoms with Crippen molar-refractivity contribution in [1.29, 1.82) is 0 Å². The first-order valence-electron chi connectivity index (χ1n) is 5.50. The SMILES string of the molecule is C=CCON(C1=NCCN1)c1c(F)cccc1Br. The Labute approximate surface area is 113 Å². The van der Waals surface area contributed by atoms with E-state index in [9.17, 15) is 4.39 Å². The average molecular weight is 314 g/mol. The van der Waals surface area contributed by atoms with Crippen molar-refractivity contribution in [3.63, 3.8) is 0 Å². The second-order valence-electron chi connectivity index (χ2n) is 3.58. The van der Waals surface area contributed by atoms with E-state index in [1.165, 1.54) is 11.1 Å². The summed E-state index contributed by atoms with van der Waals surface area (Å²) >= 11 is 3.32. The fourth-order valence-corrected chi connectivity index (χ4v) is 2.07. The van der Waals surface area contributed by atoms with E-state index in [-0.39, 0.29) is 12.4 Å². The molecule has 1 N–H and O–H groups in total. The number of benzene rings is 1. The Morgan fingerprint density at radius 2 is 2.44 bits per heavy atom. The van der Waals surface area contributed by atoms with E-state index in [4.69, 9.17) is 4.84 Å². The number of guanidine groups is 1.